The number of methoxy groups -OCH3 is 1. The van der Waals surface area contributed by atoms with E-state index in [1.807, 2.05) is 12.1 Å². The smallest absolute Gasteiger partial charge is 0.168 e. The molecule has 0 radical (unpaired) electrons. The number of ketones is 1. The molecule has 0 bridgehead atoms. The summed E-state index contributed by atoms with van der Waals surface area (Å²) in [5.41, 5.74) is 0.359. The molecule has 0 unspecified atom stereocenters. The van der Waals surface area contributed by atoms with Crippen molar-refractivity contribution in [2.24, 2.45) is 0 Å². The van der Waals surface area contributed by atoms with Crippen LogP contribution in [0, 0.1) is 5.82 Å². The molecule has 2 rings (SSSR count). The van der Waals surface area contributed by atoms with Crippen LogP contribution in [0.25, 0.3) is 0 Å². The van der Waals surface area contributed by atoms with Gasteiger partial charge in [0.2, 0.25) is 0 Å². The van der Waals surface area contributed by atoms with Crippen molar-refractivity contribution < 1.29 is 13.9 Å². The molecule has 1 aromatic carbocycles. The molecule has 0 amide bonds. The predicted molar refractivity (Wildman–Crippen MR) is 73.0 cm³/mol. The van der Waals surface area contributed by atoms with Gasteiger partial charge in [0.15, 0.2) is 17.3 Å². The first-order chi connectivity index (χ1) is 8.60. The van der Waals surface area contributed by atoms with Gasteiger partial charge in [-0.1, -0.05) is 0 Å². The van der Waals surface area contributed by atoms with Crippen LogP contribution in [0.3, 0.4) is 0 Å². The maximum Gasteiger partial charge on any atom is 0.168 e. The molecule has 0 N–H and O–H groups in total. The first-order valence-electron chi connectivity index (χ1n) is 5.21. The van der Waals surface area contributed by atoms with E-state index in [1.54, 1.807) is 6.07 Å². The molecule has 2 nitrogen and oxygen atoms in total. The van der Waals surface area contributed by atoms with Crippen molar-refractivity contribution in [1.82, 2.24) is 0 Å². The fourth-order valence-corrected chi connectivity index (χ4v) is 3.03. The highest BCUT2D eigenvalue weighted by atomic mass is 79.9. The van der Waals surface area contributed by atoms with E-state index in [9.17, 15) is 9.18 Å². The molecule has 0 aliphatic carbocycles. The molecule has 0 saturated heterocycles. The molecule has 0 aliphatic rings. The maximum absolute atomic E-state index is 13.5. The highest BCUT2D eigenvalue weighted by Crippen LogP contribution is 2.24. The van der Waals surface area contributed by atoms with Crippen molar-refractivity contribution in [2.45, 2.75) is 6.42 Å². The second kappa shape index (κ2) is 5.63. The summed E-state index contributed by atoms with van der Waals surface area (Å²) in [6.07, 6.45) is 0.280. The first-order valence-corrected chi connectivity index (χ1v) is 6.82. The summed E-state index contributed by atoms with van der Waals surface area (Å²) in [6.45, 7) is 0. The molecule has 0 atom stereocenters. The van der Waals surface area contributed by atoms with Gasteiger partial charge in [-0.3, -0.25) is 4.79 Å². The Morgan fingerprint density at radius 1 is 1.39 bits per heavy atom. The Bertz CT molecular complexity index is 580. The summed E-state index contributed by atoms with van der Waals surface area (Å²) >= 11 is 4.84. The van der Waals surface area contributed by atoms with Crippen LogP contribution >= 0.6 is 27.3 Å². The van der Waals surface area contributed by atoms with E-state index in [-0.39, 0.29) is 18.0 Å². The average molecular weight is 329 g/mol. The summed E-state index contributed by atoms with van der Waals surface area (Å²) in [5, 5.41) is 0. The molecule has 0 aliphatic heterocycles. The second-order valence-electron chi connectivity index (χ2n) is 3.66. The van der Waals surface area contributed by atoms with Gasteiger partial charge in [-0.05, 0) is 46.3 Å². The number of rotatable bonds is 4. The van der Waals surface area contributed by atoms with Gasteiger partial charge in [0, 0.05) is 16.9 Å². The van der Waals surface area contributed by atoms with Crippen LogP contribution in [0.4, 0.5) is 4.39 Å². The van der Waals surface area contributed by atoms with Crippen LogP contribution in [-0.2, 0) is 6.42 Å². The Hall–Kier alpha value is -1.20. The number of Topliss-reactive ketones (excluding diaryl/α,β-unsaturated/α-hetero) is 1. The highest BCUT2D eigenvalue weighted by molar-refractivity contribution is 9.11. The molecule has 0 spiro atoms. The summed E-state index contributed by atoms with van der Waals surface area (Å²) in [7, 11) is 1.39. The van der Waals surface area contributed by atoms with Crippen molar-refractivity contribution in [3.8, 4) is 5.75 Å². The Balaban J connectivity index is 2.16. The molecule has 0 fully saturated rings. The maximum atomic E-state index is 13.5. The van der Waals surface area contributed by atoms with E-state index in [4.69, 9.17) is 4.74 Å². The number of benzene rings is 1. The van der Waals surface area contributed by atoms with Crippen molar-refractivity contribution in [1.29, 1.82) is 0 Å². The van der Waals surface area contributed by atoms with Crippen LogP contribution < -0.4 is 4.74 Å². The van der Waals surface area contributed by atoms with E-state index >= 15 is 0 Å². The second-order valence-corrected chi connectivity index (χ2v) is 6.20. The Morgan fingerprint density at radius 2 is 2.17 bits per heavy atom. The van der Waals surface area contributed by atoms with E-state index < -0.39 is 5.82 Å². The largest absolute Gasteiger partial charge is 0.494 e. The number of halogens is 2. The minimum Gasteiger partial charge on any atom is -0.494 e. The first kappa shape index (κ1) is 13.2. The third-order valence-corrected chi connectivity index (χ3v) is 4.06. The summed E-state index contributed by atoms with van der Waals surface area (Å²) in [4.78, 5) is 12.9. The van der Waals surface area contributed by atoms with Gasteiger partial charge in [-0.25, -0.2) is 4.39 Å². The minimum absolute atomic E-state index is 0.106. The van der Waals surface area contributed by atoms with Gasteiger partial charge < -0.3 is 4.74 Å². The van der Waals surface area contributed by atoms with Gasteiger partial charge in [0.1, 0.15) is 0 Å². The number of thiophene rings is 1. The van der Waals surface area contributed by atoms with Gasteiger partial charge in [0.25, 0.3) is 0 Å². The molecule has 2 aromatic rings. The van der Waals surface area contributed by atoms with Crippen LogP contribution in [0.15, 0.2) is 34.1 Å². The van der Waals surface area contributed by atoms with Crippen molar-refractivity contribution >= 4 is 33.0 Å². The number of carbonyl (C=O) groups excluding carboxylic acids is 1. The van der Waals surface area contributed by atoms with Crippen LogP contribution in [0.1, 0.15) is 15.2 Å². The zero-order valence-corrected chi connectivity index (χ0v) is 12.0. The third kappa shape index (κ3) is 2.97. The fraction of sp³-hybridized carbons (Fsp3) is 0.154. The standard InChI is InChI=1S/C13H10BrFO2S/c1-17-12-4-2-8(6-10(12)15)11(16)7-9-3-5-13(14)18-9/h2-6H,7H2,1H3. The van der Waals surface area contributed by atoms with Crippen molar-refractivity contribution in [3.05, 3.63) is 50.4 Å². The van der Waals surface area contributed by atoms with E-state index in [2.05, 4.69) is 15.9 Å². The molecule has 5 heteroatoms. The lowest BCUT2D eigenvalue weighted by atomic mass is 10.1. The number of ether oxygens (including phenoxy) is 1. The molecule has 0 saturated carbocycles. The Kier molecular flexibility index (Phi) is 4.14. The monoisotopic (exact) mass is 328 g/mol. The Labute approximate surface area is 117 Å². The molecule has 18 heavy (non-hydrogen) atoms. The lowest BCUT2D eigenvalue weighted by Gasteiger charge is -2.04. The predicted octanol–water partition coefficient (Wildman–Crippen LogP) is 4.08. The summed E-state index contributed by atoms with van der Waals surface area (Å²) < 4.78 is 19.3. The van der Waals surface area contributed by atoms with Gasteiger partial charge in [-0.15, -0.1) is 11.3 Å². The summed E-state index contributed by atoms with van der Waals surface area (Å²) in [5.74, 6) is -0.480. The zero-order valence-electron chi connectivity index (χ0n) is 9.57. The molecular weight excluding hydrogens is 319 g/mol. The zero-order chi connectivity index (χ0) is 13.1. The fourth-order valence-electron chi connectivity index (χ4n) is 1.55. The lowest BCUT2D eigenvalue weighted by molar-refractivity contribution is 0.0993. The van der Waals surface area contributed by atoms with Gasteiger partial charge in [-0.2, -0.15) is 0 Å². The van der Waals surface area contributed by atoms with Crippen LogP contribution in [0.2, 0.25) is 0 Å². The molecule has 94 valence electrons. The Morgan fingerprint density at radius 3 is 2.72 bits per heavy atom. The quantitative estimate of drug-likeness (QED) is 0.790. The van der Waals surface area contributed by atoms with E-state index in [1.165, 1.54) is 30.6 Å². The van der Waals surface area contributed by atoms with Crippen molar-refractivity contribution in [2.75, 3.05) is 7.11 Å². The van der Waals surface area contributed by atoms with E-state index in [0.717, 1.165) is 8.66 Å². The average Bonchev–Trinajstić information content (AvgIpc) is 2.74. The number of carbonyl (C=O) groups is 1. The highest BCUT2D eigenvalue weighted by Gasteiger charge is 2.11. The lowest BCUT2D eigenvalue weighted by Crippen LogP contribution is -2.03. The van der Waals surface area contributed by atoms with Crippen LogP contribution in [0.5, 0.6) is 5.75 Å². The summed E-state index contributed by atoms with van der Waals surface area (Å²) in [6, 6.07) is 8.03. The topological polar surface area (TPSA) is 26.3 Å². The minimum atomic E-state index is -0.518. The normalized spacial score (nSPS) is 10.4. The molecule has 1 aromatic heterocycles. The van der Waals surface area contributed by atoms with E-state index in [0.29, 0.717) is 5.56 Å². The molecule has 1 heterocycles. The number of hydrogen-bond acceptors (Lipinski definition) is 3. The SMILES string of the molecule is COc1ccc(C(=O)Cc2ccc(Br)s2)cc1F. The van der Waals surface area contributed by atoms with Gasteiger partial charge in [0.05, 0.1) is 10.9 Å². The van der Waals surface area contributed by atoms with Crippen molar-refractivity contribution in [3.63, 3.8) is 0 Å². The van der Waals surface area contributed by atoms with Crippen LogP contribution in [-0.4, -0.2) is 12.9 Å². The number of hydrogen-bond donors (Lipinski definition) is 0. The van der Waals surface area contributed by atoms with Gasteiger partial charge >= 0.3 is 0 Å². The third-order valence-electron chi connectivity index (χ3n) is 2.44. The molecular formula is C13H10BrFO2S.